The van der Waals surface area contributed by atoms with Gasteiger partial charge in [-0.1, -0.05) is 0 Å². The zero-order chi connectivity index (χ0) is 12.6. The maximum absolute atomic E-state index is 12.0. The van der Waals surface area contributed by atoms with Crippen LogP contribution in [0.25, 0.3) is 0 Å². The van der Waals surface area contributed by atoms with E-state index in [9.17, 15) is 13.2 Å². The summed E-state index contributed by atoms with van der Waals surface area (Å²) in [5, 5.41) is 0. The Kier molecular flexibility index (Phi) is 4.01. The zero-order valence-corrected chi connectivity index (χ0v) is 12.8. The van der Waals surface area contributed by atoms with Crippen molar-refractivity contribution in [2.75, 3.05) is 12.0 Å². The summed E-state index contributed by atoms with van der Waals surface area (Å²) >= 11 is 4.51. The van der Waals surface area contributed by atoms with Gasteiger partial charge in [0.25, 0.3) is 0 Å². The van der Waals surface area contributed by atoms with Crippen LogP contribution in [0.5, 0.6) is 0 Å². The number of alkyl halides is 2. The van der Waals surface area contributed by atoms with Crippen LogP contribution < -0.4 is 5.73 Å². The lowest BCUT2D eigenvalue weighted by Gasteiger charge is -2.16. The molecule has 0 spiro atoms. The van der Waals surface area contributed by atoms with Crippen molar-refractivity contribution in [1.82, 2.24) is 0 Å². The van der Waals surface area contributed by atoms with E-state index in [0.29, 0.717) is 11.3 Å². The van der Waals surface area contributed by atoms with E-state index < -0.39 is 17.3 Å². The lowest BCUT2D eigenvalue weighted by molar-refractivity contribution is 0.101. The molecule has 0 aliphatic carbocycles. The molecule has 1 unspecified atom stereocenters. The normalized spacial score (nSPS) is 15.4. The highest BCUT2D eigenvalue weighted by Crippen LogP contribution is 2.36. The Morgan fingerprint density at radius 1 is 1.38 bits per heavy atom. The van der Waals surface area contributed by atoms with E-state index in [1.54, 1.807) is 34.7 Å². The van der Waals surface area contributed by atoms with Gasteiger partial charge in [0.15, 0.2) is 9.84 Å². The minimum atomic E-state index is -3.54. The monoisotopic (exact) mass is 417 g/mol. The fourth-order valence-corrected chi connectivity index (χ4v) is 1.97. The van der Waals surface area contributed by atoms with E-state index in [1.807, 2.05) is 0 Å². The zero-order valence-electron chi connectivity index (χ0n) is 8.28. The molecule has 0 aliphatic heterocycles. The molecule has 1 aromatic carbocycles. The van der Waals surface area contributed by atoms with Gasteiger partial charge < -0.3 is 5.73 Å². The fraction of sp³-hybridized carbons (Fsp3) is 0.222. The van der Waals surface area contributed by atoms with Gasteiger partial charge in [0.2, 0.25) is 7.45 Å². The Hall–Kier alpha value is -0.150. The quantitative estimate of drug-likeness (QED) is 0.353. The van der Waals surface area contributed by atoms with Gasteiger partial charge in [-0.15, -0.1) is 0 Å². The third-order valence-electron chi connectivity index (χ3n) is 1.90. The van der Waals surface area contributed by atoms with Gasteiger partial charge in [-0.25, -0.2) is 8.42 Å². The molecule has 7 heteroatoms. The molecule has 1 atom stereocenters. The first-order valence-corrected chi connectivity index (χ1v) is 7.90. The van der Waals surface area contributed by atoms with Gasteiger partial charge in [0.05, 0.1) is 0 Å². The van der Waals surface area contributed by atoms with Crippen molar-refractivity contribution in [3.63, 3.8) is 0 Å². The van der Waals surface area contributed by atoms with Crippen molar-refractivity contribution in [3.8, 4) is 0 Å². The highest BCUT2D eigenvalue weighted by Gasteiger charge is 2.43. The average Bonchev–Trinajstić information content (AvgIpc) is 2.16. The number of sulfone groups is 1. The summed E-state index contributed by atoms with van der Waals surface area (Å²) in [6.07, 6.45) is 1.00. The van der Waals surface area contributed by atoms with E-state index in [-0.39, 0.29) is 0 Å². The van der Waals surface area contributed by atoms with Crippen LogP contribution in [-0.4, -0.2) is 22.1 Å². The summed E-state index contributed by atoms with van der Waals surface area (Å²) in [6, 6.07) is 6.10. The first kappa shape index (κ1) is 13.9. The van der Waals surface area contributed by atoms with Gasteiger partial charge in [0, 0.05) is 17.5 Å². The van der Waals surface area contributed by atoms with Crippen LogP contribution in [0.4, 0.5) is 5.69 Å². The average molecular weight is 418 g/mol. The van der Waals surface area contributed by atoms with Crippen molar-refractivity contribution < 1.29 is 13.2 Å². The van der Waals surface area contributed by atoms with E-state index >= 15 is 0 Å². The molecule has 1 aromatic rings. The number of benzene rings is 1. The van der Waals surface area contributed by atoms with Crippen LogP contribution in [0, 0.1) is 0 Å². The predicted octanol–water partition coefficient (Wildman–Crippen LogP) is 1.98. The number of ketones is 1. The lowest BCUT2D eigenvalue weighted by Crippen LogP contribution is -2.33. The first-order chi connectivity index (χ1) is 7.16. The maximum Gasteiger partial charge on any atom is 0.238 e. The Labute approximate surface area is 116 Å². The Morgan fingerprint density at radius 2 is 1.81 bits per heavy atom. The molecular weight excluding hydrogens is 409 g/mol. The SMILES string of the molecule is CS(=O)(=O)C(Br)(I)C(=O)c1ccc(N)cc1. The second-order valence-corrected chi connectivity index (χ2v) is 10.9. The second kappa shape index (κ2) is 4.61. The second-order valence-electron chi connectivity index (χ2n) is 3.24. The van der Waals surface area contributed by atoms with Crippen molar-refractivity contribution in [3.05, 3.63) is 29.8 Å². The Morgan fingerprint density at radius 3 is 2.19 bits per heavy atom. The van der Waals surface area contributed by atoms with Crippen molar-refractivity contribution in [2.45, 2.75) is 1.66 Å². The Bertz CT molecular complexity index is 510. The molecule has 0 radical (unpaired) electrons. The number of Topliss-reactive ketones (excluding diaryl/α,β-unsaturated/α-hetero) is 1. The van der Waals surface area contributed by atoms with Crippen LogP contribution in [-0.2, 0) is 9.84 Å². The number of anilines is 1. The standard InChI is InChI=1S/C9H9BrINO3S/c1-16(14,15)9(10,11)8(13)6-2-4-7(12)5-3-6/h2-5H,12H2,1H3. The number of rotatable bonds is 3. The molecule has 0 aliphatic rings. The van der Waals surface area contributed by atoms with Crippen LogP contribution in [0.15, 0.2) is 24.3 Å². The summed E-state index contributed by atoms with van der Waals surface area (Å²) in [5.41, 5.74) is 6.29. The molecular formula is C9H9BrINO3S. The summed E-state index contributed by atoms with van der Waals surface area (Å²) in [5.74, 6) is -0.518. The van der Waals surface area contributed by atoms with Gasteiger partial charge in [-0.3, -0.25) is 4.79 Å². The summed E-state index contributed by atoms with van der Waals surface area (Å²) in [6.45, 7) is 0. The summed E-state index contributed by atoms with van der Waals surface area (Å²) in [4.78, 5) is 12.0. The topological polar surface area (TPSA) is 77.2 Å². The molecule has 0 fully saturated rings. The summed E-state index contributed by atoms with van der Waals surface area (Å²) in [7, 11) is -3.54. The highest BCUT2D eigenvalue weighted by atomic mass is 127. The van der Waals surface area contributed by atoms with E-state index in [1.165, 1.54) is 12.1 Å². The smallest absolute Gasteiger partial charge is 0.238 e. The lowest BCUT2D eigenvalue weighted by atomic mass is 10.1. The number of hydrogen-bond acceptors (Lipinski definition) is 4. The number of hydrogen-bond donors (Lipinski definition) is 1. The molecule has 0 amide bonds. The van der Waals surface area contributed by atoms with E-state index in [2.05, 4.69) is 15.9 Å². The predicted molar refractivity (Wildman–Crippen MR) is 75.7 cm³/mol. The van der Waals surface area contributed by atoms with Crippen molar-refractivity contribution in [1.29, 1.82) is 0 Å². The number of carbonyl (C=O) groups excluding carboxylic acids is 1. The molecule has 2 N–H and O–H groups in total. The molecule has 0 saturated heterocycles. The third kappa shape index (κ3) is 2.75. The van der Waals surface area contributed by atoms with Crippen molar-refractivity contribution >= 4 is 59.8 Å². The van der Waals surface area contributed by atoms with Crippen LogP contribution in [0.1, 0.15) is 10.4 Å². The largest absolute Gasteiger partial charge is 0.399 e. The Balaban J connectivity index is 3.18. The third-order valence-corrected chi connectivity index (χ3v) is 8.03. The molecule has 16 heavy (non-hydrogen) atoms. The minimum absolute atomic E-state index is 0.297. The van der Waals surface area contributed by atoms with Crippen molar-refractivity contribution in [2.24, 2.45) is 0 Å². The minimum Gasteiger partial charge on any atom is -0.399 e. The number of nitrogens with two attached hydrogens (primary N) is 1. The molecule has 4 nitrogen and oxygen atoms in total. The van der Waals surface area contributed by atoms with Gasteiger partial charge in [-0.2, -0.15) is 0 Å². The van der Waals surface area contributed by atoms with Crippen LogP contribution in [0.2, 0.25) is 0 Å². The summed E-state index contributed by atoms with van der Waals surface area (Å²) < 4.78 is 21.2. The molecule has 1 rings (SSSR count). The van der Waals surface area contributed by atoms with Gasteiger partial charge in [-0.05, 0) is 62.8 Å². The molecule has 0 heterocycles. The van der Waals surface area contributed by atoms with Gasteiger partial charge >= 0.3 is 0 Å². The first-order valence-electron chi connectivity index (χ1n) is 4.14. The number of carbonyl (C=O) groups is 1. The fourth-order valence-electron chi connectivity index (χ4n) is 0.971. The highest BCUT2D eigenvalue weighted by molar-refractivity contribution is 14.1. The molecule has 0 aromatic heterocycles. The maximum atomic E-state index is 12.0. The van der Waals surface area contributed by atoms with Crippen LogP contribution >= 0.6 is 38.5 Å². The molecule has 0 bridgehead atoms. The molecule has 88 valence electrons. The van der Waals surface area contributed by atoms with E-state index in [4.69, 9.17) is 5.73 Å². The number of nitrogen functional groups attached to an aromatic ring is 1. The van der Waals surface area contributed by atoms with E-state index in [0.717, 1.165) is 6.26 Å². The number of halogens is 2. The van der Waals surface area contributed by atoms with Gasteiger partial charge in [0.1, 0.15) is 0 Å². The molecule has 0 saturated carbocycles. The van der Waals surface area contributed by atoms with Crippen LogP contribution in [0.3, 0.4) is 0 Å².